The van der Waals surface area contributed by atoms with Crippen molar-refractivity contribution in [2.75, 3.05) is 26.4 Å². The summed E-state index contributed by atoms with van der Waals surface area (Å²) in [6, 6.07) is 0. The smallest absolute Gasteiger partial charge is 0.462 e. The van der Waals surface area contributed by atoms with E-state index in [4.69, 9.17) is 24.3 Å². The van der Waals surface area contributed by atoms with Crippen molar-refractivity contribution in [2.45, 2.75) is 322 Å². The van der Waals surface area contributed by atoms with E-state index in [9.17, 15) is 19.0 Å². The first-order valence-electron chi connectivity index (χ1n) is 30.3. The van der Waals surface area contributed by atoms with Gasteiger partial charge in [0.05, 0.1) is 13.2 Å². The minimum Gasteiger partial charge on any atom is -0.462 e. The highest BCUT2D eigenvalue weighted by Gasteiger charge is 2.26. The molecule has 0 rings (SSSR count). The molecule has 0 aromatic carbocycles. The van der Waals surface area contributed by atoms with Gasteiger partial charge in [-0.2, -0.15) is 0 Å². The average molecular weight is 1010 g/mol. The molecule has 0 aliphatic heterocycles. The molecule has 0 saturated carbocycles. The highest BCUT2D eigenvalue weighted by molar-refractivity contribution is 7.47. The van der Waals surface area contributed by atoms with E-state index in [1.807, 2.05) is 0 Å². The molecule has 10 heteroatoms. The number of hydrogen-bond donors (Lipinski definition) is 2. The summed E-state index contributed by atoms with van der Waals surface area (Å²) in [6.45, 7) is 3.80. The monoisotopic (exact) mass is 1010 g/mol. The lowest BCUT2D eigenvalue weighted by molar-refractivity contribution is -0.161. The van der Waals surface area contributed by atoms with Crippen molar-refractivity contribution in [1.82, 2.24) is 0 Å². The van der Waals surface area contributed by atoms with Gasteiger partial charge in [0.1, 0.15) is 6.61 Å². The summed E-state index contributed by atoms with van der Waals surface area (Å²) in [6.07, 6.45) is 66.7. The van der Waals surface area contributed by atoms with Gasteiger partial charge < -0.3 is 20.1 Å². The lowest BCUT2D eigenvalue weighted by Gasteiger charge is -2.19. The Kier molecular flexibility index (Phi) is 55.6. The summed E-state index contributed by atoms with van der Waals surface area (Å²) >= 11 is 0. The molecule has 0 radical (unpaired) electrons. The van der Waals surface area contributed by atoms with Crippen LogP contribution in [0.25, 0.3) is 0 Å². The van der Waals surface area contributed by atoms with Crippen LogP contribution in [0.3, 0.4) is 0 Å². The summed E-state index contributed by atoms with van der Waals surface area (Å²) in [5.74, 6) is -0.809. The zero-order chi connectivity index (χ0) is 51.0. The quantitative estimate of drug-likeness (QED) is 0.0264. The second-order valence-electron chi connectivity index (χ2n) is 20.6. The molecule has 414 valence electrons. The topological polar surface area (TPSA) is 134 Å². The predicted molar refractivity (Wildman–Crippen MR) is 298 cm³/mol. The van der Waals surface area contributed by atoms with Gasteiger partial charge in [0.25, 0.3) is 0 Å². The van der Waals surface area contributed by atoms with E-state index in [0.29, 0.717) is 6.42 Å². The van der Waals surface area contributed by atoms with Crippen molar-refractivity contribution in [3.05, 3.63) is 24.3 Å². The SMILES string of the molecule is CCCCCCC/C=C\C/C=C\CCCCCCCCCCCCCCCC(=O)OC(COC(=O)CCCCCCCCCCCCCCCCCCCCCCCCCC)COP(=O)(O)OCCN. The lowest BCUT2D eigenvalue weighted by Crippen LogP contribution is -2.29. The van der Waals surface area contributed by atoms with Crippen LogP contribution in [0.4, 0.5) is 0 Å². The molecule has 0 aliphatic carbocycles. The third-order valence-electron chi connectivity index (χ3n) is 13.6. The third-order valence-corrected chi connectivity index (χ3v) is 14.6. The Morgan fingerprint density at radius 3 is 1.09 bits per heavy atom. The fraction of sp³-hybridized carbons (Fsp3) is 0.900. The normalized spacial score (nSPS) is 13.1. The Bertz CT molecular complexity index is 1200. The van der Waals surface area contributed by atoms with Gasteiger partial charge in [0, 0.05) is 19.4 Å². The van der Waals surface area contributed by atoms with Crippen LogP contribution in [0, 0.1) is 0 Å². The van der Waals surface area contributed by atoms with Crippen LogP contribution in [0.5, 0.6) is 0 Å². The highest BCUT2D eigenvalue weighted by atomic mass is 31.2. The Hall–Kier alpha value is -1.51. The molecule has 0 saturated heterocycles. The molecular weight excluding hydrogens is 894 g/mol. The average Bonchev–Trinajstić information content (AvgIpc) is 3.35. The first-order chi connectivity index (χ1) is 34.3. The molecule has 0 aliphatic rings. The maximum Gasteiger partial charge on any atom is 0.472 e. The molecule has 3 N–H and O–H groups in total. The van der Waals surface area contributed by atoms with Crippen molar-refractivity contribution in [3.8, 4) is 0 Å². The second kappa shape index (κ2) is 56.8. The van der Waals surface area contributed by atoms with Gasteiger partial charge in [-0.1, -0.05) is 282 Å². The molecule has 70 heavy (non-hydrogen) atoms. The molecule has 0 fully saturated rings. The Morgan fingerprint density at radius 2 is 0.743 bits per heavy atom. The van der Waals surface area contributed by atoms with E-state index in [2.05, 4.69) is 38.2 Å². The van der Waals surface area contributed by atoms with Crippen molar-refractivity contribution in [3.63, 3.8) is 0 Å². The number of phosphoric acid groups is 1. The fourth-order valence-electron chi connectivity index (χ4n) is 9.08. The van der Waals surface area contributed by atoms with Crippen molar-refractivity contribution in [2.24, 2.45) is 5.73 Å². The first kappa shape index (κ1) is 68.5. The van der Waals surface area contributed by atoms with Crippen molar-refractivity contribution in [1.29, 1.82) is 0 Å². The summed E-state index contributed by atoms with van der Waals surface area (Å²) < 4.78 is 33.1. The number of carbonyl (C=O) groups is 2. The second-order valence-corrected chi connectivity index (χ2v) is 22.0. The van der Waals surface area contributed by atoms with Gasteiger partial charge in [-0.15, -0.1) is 0 Å². The Balaban J connectivity index is 3.91. The van der Waals surface area contributed by atoms with Crippen LogP contribution >= 0.6 is 7.82 Å². The molecule has 0 amide bonds. The Labute approximate surface area is 433 Å². The van der Waals surface area contributed by atoms with Crippen LogP contribution in [0.2, 0.25) is 0 Å². The van der Waals surface area contributed by atoms with Gasteiger partial charge in [-0.05, 0) is 44.9 Å². The van der Waals surface area contributed by atoms with Crippen LogP contribution in [0.15, 0.2) is 24.3 Å². The zero-order valence-electron chi connectivity index (χ0n) is 46.3. The van der Waals surface area contributed by atoms with Gasteiger partial charge in [0.2, 0.25) is 0 Å². The third kappa shape index (κ3) is 55.8. The van der Waals surface area contributed by atoms with E-state index in [1.165, 1.54) is 238 Å². The molecule has 0 bridgehead atoms. The largest absolute Gasteiger partial charge is 0.472 e. The fourth-order valence-corrected chi connectivity index (χ4v) is 9.85. The standard InChI is InChI=1S/C60H116NO8P/c1-3-5-7-9-11-13-15-17-19-21-23-25-27-29-31-33-35-37-39-41-43-45-47-49-51-53-60(63)69-58(57-68-70(64,65)67-55-54-61)56-66-59(62)52-50-48-46-44-42-40-38-36-34-32-30-28-26-24-22-20-18-16-14-12-10-8-6-4-2/h15,17,21,23,58H,3-14,16,18-20,22,24-57,61H2,1-2H3,(H,64,65)/b17-15-,23-21-. The number of allylic oxidation sites excluding steroid dienone is 4. The van der Waals surface area contributed by atoms with E-state index in [1.54, 1.807) is 0 Å². The summed E-state index contributed by atoms with van der Waals surface area (Å²) in [4.78, 5) is 35.2. The maximum absolute atomic E-state index is 12.7. The molecule has 9 nitrogen and oxygen atoms in total. The highest BCUT2D eigenvalue weighted by Crippen LogP contribution is 2.43. The van der Waals surface area contributed by atoms with Crippen LogP contribution in [-0.2, 0) is 32.7 Å². The molecule has 0 aromatic rings. The van der Waals surface area contributed by atoms with E-state index < -0.39 is 26.5 Å². The lowest BCUT2D eigenvalue weighted by atomic mass is 10.0. The number of carbonyl (C=O) groups excluding carboxylic acids is 2. The number of hydrogen-bond acceptors (Lipinski definition) is 8. The Morgan fingerprint density at radius 1 is 0.429 bits per heavy atom. The van der Waals surface area contributed by atoms with Gasteiger partial charge in [0.15, 0.2) is 6.10 Å². The summed E-state index contributed by atoms with van der Waals surface area (Å²) in [5.41, 5.74) is 5.39. The molecule has 2 atom stereocenters. The van der Waals surface area contributed by atoms with Crippen LogP contribution in [-0.4, -0.2) is 49.3 Å². The number of nitrogens with two attached hydrogens (primary N) is 1. The van der Waals surface area contributed by atoms with E-state index >= 15 is 0 Å². The number of phosphoric ester groups is 1. The van der Waals surface area contributed by atoms with Crippen LogP contribution < -0.4 is 5.73 Å². The molecule has 2 unspecified atom stereocenters. The number of ether oxygens (including phenoxy) is 2. The number of esters is 2. The van der Waals surface area contributed by atoms with E-state index in [-0.39, 0.29) is 38.6 Å². The maximum atomic E-state index is 12.7. The molecule has 0 spiro atoms. The molecule has 0 aromatic heterocycles. The number of rotatable bonds is 58. The zero-order valence-corrected chi connectivity index (χ0v) is 47.2. The van der Waals surface area contributed by atoms with Gasteiger partial charge in [-0.25, -0.2) is 4.57 Å². The first-order valence-corrected chi connectivity index (χ1v) is 31.8. The minimum atomic E-state index is -4.38. The van der Waals surface area contributed by atoms with Crippen molar-refractivity contribution >= 4 is 19.8 Å². The minimum absolute atomic E-state index is 0.0559. The number of unbranched alkanes of at least 4 members (excludes halogenated alkanes) is 41. The summed E-state index contributed by atoms with van der Waals surface area (Å²) in [5, 5.41) is 0. The molecular formula is C60H116NO8P. The van der Waals surface area contributed by atoms with E-state index in [0.717, 1.165) is 44.9 Å². The molecule has 0 heterocycles. The summed E-state index contributed by atoms with van der Waals surface area (Å²) in [7, 11) is -4.38. The predicted octanol–water partition coefficient (Wildman–Crippen LogP) is 19.0. The van der Waals surface area contributed by atoms with Gasteiger partial charge in [-0.3, -0.25) is 18.6 Å². The van der Waals surface area contributed by atoms with Crippen LogP contribution in [0.1, 0.15) is 316 Å². The van der Waals surface area contributed by atoms with Crippen molar-refractivity contribution < 1.29 is 37.6 Å². The van der Waals surface area contributed by atoms with Gasteiger partial charge >= 0.3 is 19.8 Å².